The summed E-state index contributed by atoms with van der Waals surface area (Å²) in [6.45, 7) is 5.49. The third kappa shape index (κ3) is 5.41. The molecule has 0 aromatic heterocycles. The molecule has 0 aliphatic heterocycles. The third-order valence-corrected chi connectivity index (χ3v) is 3.55. The van der Waals surface area contributed by atoms with Crippen LogP contribution in [0.4, 0.5) is 0 Å². The lowest BCUT2D eigenvalue weighted by Gasteiger charge is -2.13. The maximum Gasteiger partial charge on any atom is 0.251 e. The highest BCUT2D eigenvalue weighted by Gasteiger charge is 2.11. The van der Waals surface area contributed by atoms with Gasteiger partial charge in [-0.2, -0.15) is 0 Å². The lowest BCUT2D eigenvalue weighted by atomic mass is 10.1. The predicted octanol–water partition coefficient (Wildman–Crippen LogP) is 3.81. The fraction of sp³-hybridized carbons (Fsp3) is 0.350. The van der Waals surface area contributed by atoms with E-state index in [2.05, 4.69) is 5.32 Å². The molecular weight excluding hydrogens is 318 g/mol. The van der Waals surface area contributed by atoms with E-state index in [-0.39, 0.29) is 5.91 Å². The molecule has 1 N–H and O–H groups in total. The number of carbonyl (C=O) groups excluding carboxylic acids is 1. The molecule has 2 aromatic rings. The van der Waals surface area contributed by atoms with Crippen LogP contribution in [0.2, 0.25) is 0 Å². The van der Waals surface area contributed by atoms with Crippen LogP contribution in [0.15, 0.2) is 42.5 Å². The number of benzene rings is 2. The van der Waals surface area contributed by atoms with Gasteiger partial charge in [0, 0.05) is 12.1 Å². The molecule has 0 aliphatic carbocycles. The van der Waals surface area contributed by atoms with E-state index in [9.17, 15) is 4.79 Å². The highest BCUT2D eigenvalue weighted by atomic mass is 16.5. The van der Waals surface area contributed by atoms with Gasteiger partial charge in [-0.05, 0) is 49.2 Å². The quantitative estimate of drug-likeness (QED) is 0.752. The van der Waals surface area contributed by atoms with Gasteiger partial charge in [-0.1, -0.05) is 19.1 Å². The standard InChI is InChI=1S/C20H25NO4/c1-4-11-25-18-10-9-16(13-19(18)24-5-2)20(22)21-14-15-7-6-8-17(12-15)23-3/h6-10,12-13H,4-5,11,14H2,1-3H3,(H,21,22). The number of ether oxygens (including phenoxy) is 3. The summed E-state index contributed by atoms with van der Waals surface area (Å²) < 4.78 is 16.4. The highest BCUT2D eigenvalue weighted by Crippen LogP contribution is 2.28. The van der Waals surface area contributed by atoms with E-state index in [1.807, 2.05) is 38.1 Å². The third-order valence-electron chi connectivity index (χ3n) is 3.55. The minimum atomic E-state index is -0.161. The van der Waals surface area contributed by atoms with Gasteiger partial charge < -0.3 is 19.5 Å². The average Bonchev–Trinajstić information content (AvgIpc) is 2.65. The van der Waals surface area contributed by atoms with Crippen molar-refractivity contribution in [3.63, 3.8) is 0 Å². The number of carbonyl (C=O) groups is 1. The van der Waals surface area contributed by atoms with Gasteiger partial charge in [0.2, 0.25) is 0 Å². The summed E-state index contributed by atoms with van der Waals surface area (Å²) in [4.78, 5) is 12.4. The van der Waals surface area contributed by atoms with Crippen LogP contribution >= 0.6 is 0 Å². The monoisotopic (exact) mass is 343 g/mol. The lowest BCUT2D eigenvalue weighted by molar-refractivity contribution is 0.0950. The molecule has 0 unspecified atom stereocenters. The molecule has 0 fully saturated rings. The van der Waals surface area contributed by atoms with Crippen LogP contribution in [0.1, 0.15) is 36.2 Å². The van der Waals surface area contributed by atoms with Gasteiger partial charge >= 0.3 is 0 Å². The summed E-state index contributed by atoms with van der Waals surface area (Å²) in [6.07, 6.45) is 0.911. The second-order valence-corrected chi connectivity index (χ2v) is 5.48. The van der Waals surface area contributed by atoms with Crippen molar-refractivity contribution in [3.8, 4) is 17.2 Å². The molecule has 0 bridgehead atoms. The van der Waals surface area contributed by atoms with E-state index < -0.39 is 0 Å². The molecule has 0 spiro atoms. The van der Waals surface area contributed by atoms with Crippen LogP contribution in [0.25, 0.3) is 0 Å². The zero-order valence-corrected chi connectivity index (χ0v) is 15.0. The Morgan fingerprint density at radius 1 is 1.04 bits per heavy atom. The maximum absolute atomic E-state index is 12.4. The first-order valence-electron chi connectivity index (χ1n) is 8.48. The van der Waals surface area contributed by atoms with E-state index in [4.69, 9.17) is 14.2 Å². The maximum atomic E-state index is 12.4. The zero-order chi connectivity index (χ0) is 18.1. The van der Waals surface area contributed by atoms with E-state index >= 15 is 0 Å². The Bertz CT molecular complexity index is 700. The minimum absolute atomic E-state index is 0.161. The zero-order valence-electron chi connectivity index (χ0n) is 15.0. The van der Waals surface area contributed by atoms with Crippen molar-refractivity contribution in [2.75, 3.05) is 20.3 Å². The Hall–Kier alpha value is -2.69. The van der Waals surface area contributed by atoms with Crippen LogP contribution in [0.3, 0.4) is 0 Å². The first-order chi connectivity index (χ1) is 12.2. The smallest absolute Gasteiger partial charge is 0.251 e. The summed E-state index contributed by atoms with van der Waals surface area (Å²) in [5.41, 5.74) is 1.51. The highest BCUT2D eigenvalue weighted by molar-refractivity contribution is 5.94. The van der Waals surface area contributed by atoms with E-state index in [0.29, 0.717) is 36.8 Å². The van der Waals surface area contributed by atoms with Crippen LogP contribution < -0.4 is 19.5 Å². The van der Waals surface area contributed by atoms with Crippen molar-refractivity contribution >= 4 is 5.91 Å². The predicted molar refractivity (Wildman–Crippen MR) is 97.6 cm³/mol. The average molecular weight is 343 g/mol. The topological polar surface area (TPSA) is 56.8 Å². The Morgan fingerprint density at radius 2 is 1.88 bits per heavy atom. The van der Waals surface area contributed by atoms with Gasteiger partial charge in [0.1, 0.15) is 5.75 Å². The van der Waals surface area contributed by atoms with Crippen LogP contribution in [-0.2, 0) is 6.54 Å². The van der Waals surface area contributed by atoms with E-state index in [1.54, 1.807) is 25.3 Å². The number of rotatable bonds is 9. The van der Waals surface area contributed by atoms with E-state index in [1.165, 1.54) is 0 Å². The van der Waals surface area contributed by atoms with Gasteiger partial charge in [0.05, 0.1) is 20.3 Å². The van der Waals surface area contributed by atoms with Crippen molar-refractivity contribution in [3.05, 3.63) is 53.6 Å². The molecule has 0 aliphatic rings. The van der Waals surface area contributed by atoms with Gasteiger partial charge in [0.25, 0.3) is 5.91 Å². The van der Waals surface area contributed by atoms with Gasteiger partial charge in [-0.3, -0.25) is 4.79 Å². The van der Waals surface area contributed by atoms with Crippen LogP contribution in [0, 0.1) is 0 Å². The van der Waals surface area contributed by atoms with Crippen molar-refractivity contribution in [2.45, 2.75) is 26.8 Å². The number of hydrogen-bond donors (Lipinski definition) is 1. The largest absolute Gasteiger partial charge is 0.497 e. The molecule has 134 valence electrons. The van der Waals surface area contributed by atoms with Gasteiger partial charge in [-0.15, -0.1) is 0 Å². The summed E-state index contributed by atoms with van der Waals surface area (Å²) in [6, 6.07) is 12.8. The van der Waals surface area contributed by atoms with Crippen molar-refractivity contribution in [2.24, 2.45) is 0 Å². The van der Waals surface area contributed by atoms with Crippen LogP contribution in [-0.4, -0.2) is 26.2 Å². The Kier molecular flexibility index (Phi) is 7.14. The first kappa shape index (κ1) is 18.6. The summed E-state index contributed by atoms with van der Waals surface area (Å²) in [5, 5.41) is 2.91. The molecule has 5 nitrogen and oxygen atoms in total. The normalized spacial score (nSPS) is 10.2. The number of hydrogen-bond acceptors (Lipinski definition) is 4. The summed E-state index contributed by atoms with van der Waals surface area (Å²) in [5.74, 6) is 1.85. The molecule has 0 heterocycles. The molecule has 0 atom stereocenters. The van der Waals surface area contributed by atoms with Crippen LogP contribution in [0.5, 0.6) is 17.2 Å². The van der Waals surface area contributed by atoms with E-state index in [0.717, 1.165) is 17.7 Å². The number of methoxy groups -OCH3 is 1. The SMILES string of the molecule is CCCOc1ccc(C(=O)NCc2cccc(OC)c2)cc1OCC. The minimum Gasteiger partial charge on any atom is -0.497 e. The molecule has 0 saturated heterocycles. The van der Waals surface area contributed by atoms with Crippen molar-refractivity contribution in [1.82, 2.24) is 5.32 Å². The Balaban J connectivity index is 2.06. The van der Waals surface area contributed by atoms with Gasteiger partial charge in [-0.25, -0.2) is 0 Å². The first-order valence-corrected chi connectivity index (χ1v) is 8.48. The second-order valence-electron chi connectivity index (χ2n) is 5.48. The second kappa shape index (κ2) is 9.57. The van der Waals surface area contributed by atoms with Crippen molar-refractivity contribution in [1.29, 1.82) is 0 Å². The Labute approximate surface area is 148 Å². The lowest BCUT2D eigenvalue weighted by Crippen LogP contribution is -2.22. The molecule has 25 heavy (non-hydrogen) atoms. The summed E-state index contributed by atoms with van der Waals surface area (Å²) in [7, 11) is 1.62. The Morgan fingerprint density at radius 3 is 2.60 bits per heavy atom. The molecule has 2 rings (SSSR count). The molecule has 5 heteroatoms. The molecular formula is C20H25NO4. The molecule has 1 amide bonds. The molecule has 0 radical (unpaired) electrons. The molecule has 0 saturated carbocycles. The number of nitrogens with one attached hydrogen (secondary N) is 1. The fourth-order valence-electron chi connectivity index (χ4n) is 2.32. The van der Waals surface area contributed by atoms with Crippen molar-refractivity contribution < 1.29 is 19.0 Å². The summed E-state index contributed by atoms with van der Waals surface area (Å²) >= 11 is 0. The van der Waals surface area contributed by atoms with Gasteiger partial charge in [0.15, 0.2) is 11.5 Å². The molecule has 2 aromatic carbocycles. The number of amides is 1. The fourth-order valence-corrected chi connectivity index (χ4v) is 2.32.